The maximum absolute atomic E-state index is 10.1. The lowest BCUT2D eigenvalue weighted by Gasteiger charge is -1.90. The van der Waals surface area contributed by atoms with E-state index in [0.29, 0.717) is 0 Å². The largest absolute Gasteiger partial charge is 0.479 e. The Morgan fingerprint density at radius 1 is 1.71 bits per heavy atom. The van der Waals surface area contributed by atoms with Crippen LogP contribution in [0.25, 0.3) is 0 Å². The molecule has 0 aromatic carbocycles. The van der Waals surface area contributed by atoms with Crippen molar-refractivity contribution in [3.05, 3.63) is 21.9 Å². The summed E-state index contributed by atoms with van der Waals surface area (Å²) >= 11 is 1.61. The summed E-state index contributed by atoms with van der Waals surface area (Å²) in [7, 11) is 0. The Balaban J connectivity index is 2.39. The fourth-order valence-electron chi connectivity index (χ4n) is 0.836. The Morgan fingerprint density at radius 3 is 3.07 bits per heavy atom. The maximum atomic E-state index is 10.1. The van der Waals surface area contributed by atoms with E-state index in [-0.39, 0.29) is 0 Å². The Kier molecular flexibility index (Phi) is 4.12. The van der Waals surface area contributed by atoms with Crippen molar-refractivity contribution in [1.29, 1.82) is 0 Å². The van der Waals surface area contributed by atoms with E-state index >= 15 is 0 Å². The first-order valence-corrected chi connectivity index (χ1v) is 5.00. The molecule has 76 valence electrons. The predicted molar refractivity (Wildman–Crippen MR) is 54.9 cm³/mol. The van der Waals surface area contributed by atoms with E-state index in [2.05, 4.69) is 16.9 Å². The van der Waals surface area contributed by atoms with Gasteiger partial charge in [-0.3, -0.25) is 0 Å². The van der Waals surface area contributed by atoms with Gasteiger partial charge in [0.25, 0.3) is 0 Å². The van der Waals surface area contributed by atoms with Crippen molar-refractivity contribution in [3.63, 3.8) is 0 Å². The summed E-state index contributed by atoms with van der Waals surface area (Å²) in [5.41, 5.74) is 0. The zero-order chi connectivity index (χ0) is 10.4. The number of oxime groups is 1. The molecule has 0 amide bonds. The van der Waals surface area contributed by atoms with E-state index in [1.54, 1.807) is 11.3 Å². The molecular weight excluding hydrogens is 202 g/mol. The second-order valence-electron chi connectivity index (χ2n) is 2.56. The number of nitrogens with zero attached hydrogens (tertiary/aromatic N) is 1. The van der Waals surface area contributed by atoms with E-state index in [1.165, 1.54) is 11.1 Å². The number of hydrogen-bond donors (Lipinski definition) is 1. The van der Waals surface area contributed by atoms with Crippen molar-refractivity contribution < 1.29 is 14.7 Å². The smallest absolute Gasteiger partial charge is 0.344 e. The van der Waals surface area contributed by atoms with Crippen LogP contribution in [0.1, 0.15) is 16.7 Å². The van der Waals surface area contributed by atoms with Gasteiger partial charge in [0.2, 0.25) is 6.61 Å². The Labute approximate surface area is 85.8 Å². The summed E-state index contributed by atoms with van der Waals surface area (Å²) < 4.78 is 0. The molecule has 1 aromatic heterocycles. The molecule has 1 N–H and O–H groups in total. The molecule has 1 aromatic rings. The molecule has 0 aliphatic heterocycles. The molecule has 0 unspecified atom stereocenters. The van der Waals surface area contributed by atoms with Gasteiger partial charge >= 0.3 is 5.97 Å². The molecule has 0 saturated heterocycles. The number of carbonyl (C=O) groups is 1. The van der Waals surface area contributed by atoms with Crippen LogP contribution in [0, 0.1) is 0 Å². The fourth-order valence-corrected chi connectivity index (χ4v) is 1.65. The first-order valence-electron chi connectivity index (χ1n) is 4.18. The topological polar surface area (TPSA) is 58.9 Å². The average Bonchev–Trinajstić information content (AvgIpc) is 2.60. The van der Waals surface area contributed by atoms with Crippen LogP contribution in [0.2, 0.25) is 0 Å². The number of thiophene rings is 1. The monoisotopic (exact) mass is 213 g/mol. The first-order chi connectivity index (χ1) is 6.72. The molecule has 1 rings (SSSR count). The molecule has 0 fully saturated rings. The molecular formula is C9H11NO3S. The lowest BCUT2D eigenvalue weighted by molar-refractivity contribution is -0.142. The van der Waals surface area contributed by atoms with Crippen LogP contribution in [0.15, 0.2) is 17.3 Å². The third-order valence-corrected chi connectivity index (χ3v) is 2.64. The summed E-state index contributed by atoms with van der Waals surface area (Å²) in [5, 5.41) is 11.8. The van der Waals surface area contributed by atoms with Crippen molar-refractivity contribution in [3.8, 4) is 0 Å². The van der Waals surface area contributed by atoms with Crippen molar-refractivity contribution >= 4 is 23.5 Å². The van der Waals surface area contributed by atoms with Gasteiger partial charge in [0, 0.05) is 9.75 Å². The number of rotatable bonds is 5. The second-order valence-corrected chi connectivity index (χ2v) is 3.76. The third-order valence-electron chi connectivity index (χ3n) is 1.47. The standard InChI is InChI=1S/C9H11NO3S/c1-2-7-3-4-8(14-7)5-10-13-6-9(11)12/h3-5H,2,6H2,1H3,(H,11,12). The van der Waals surface area contributed by atoms with Crippen LogP contribution in [0.4, 0.5) is 0 Å². The number of hydrogen-bond acceptors (Lipinski definition) is 4. The van der Waals surface area contributed by atoms with Crippen molar-refractivity contribution in [2.24, 2.45) is 5.16 Å². The average molecular weight is 213 g/mol. The molecule has 4 nitrogen and oxygen atoms in total. The molecule has 0 spiro atoms. The lowest BCUT2D eigenvalue weighted by atomic mass is 10.4. The van der Waals surface area contributed by atoms with Crippen LogP contribution in [-0.4, -0.2) is 23.9 Å². The molecule has 5 heteroatoms. The summed E-state index contributed by atoms with van der Waals surface area (Å²) in [6.07, 6.45) is 2.52. The van der Waals surface area contributed by atoms with E-state index in [0.717, 1.165) is 11.3 Å². The van der Waals surface area contributed by atoms with Crippen LogP contribution in [-0.2, 0) is 16.1 Å². The van der Waals surface area contributed by atoms with Gasteiger partial charge in [-0.1, -0.05) is 12.1 Å². The summed E-state index contributed by atoms with van der Waals surface area (Å²) in [5.74, 6) is -1.03. The van der Waals surface area contributed by atoms with Crippen molar-refractivity contribution in [2.75, 3.05) is 6.61 Å². The highest BCUT2D eigenvalue weighted by Crippen LogP contribution is 2.14. The Hall–Kier alpha value is -1.36. The highest BCUT2D eigenvalue weighted by Gasteiger charge is 1.96. The molecule has 0 saturated carbocycles. The predicted octanol–water partition coefficient (Wildman–Crippen LogP) is 1.75. The van der Waals surface area contributed by atoms with Crippen molar-refractivity contribution in [2.45, 2.75) is 13.3 Å². The first kappa shape index (κ1) is 10.7. The summed E-state index contributed by atoms with van der Waals surface area (Å²) in [4.78, 5) is 16.8. The van der Waals surface area contributed by atoms with Gasteiger partial charge in [0.15, 0.2) is 0 Å². The number of aliphatic carboxylic acids is 1. The van der Waals surface area contributed by atoms with Gasteiger partial charge in [-0.2, -0.15) is 0 Å². The zero-order valence-corrected chi connectivity index (χ0v) is 8.58. The lowest BCUT2D eigenvalue weighted by Crippen LogP contribution is -2.03. The minimum Gasteiger partial charge on any atom is -0.479 e. The third kappa shape index (κ3) is 3.57. The zero-order valence-electron chi connectivity index (χ0n) is 7.77. The van der Waals surface area contributed by atoms with Gasteiger partial charge in [-0.25, -0.2) is 4.79 Å². The molecule has 0 aliphatic rings. The Bertz CT molecular complexity index is 333. The highest BCUT2D eigenvalue weighted by atomic mass is 32.1. The van der Waals surface area contributed by atoms with Crippen LogP contribution < -0.4 is 0 Å². The van der Waals surface area contributed by atoms with E-state index in [9.17, 15) is 4.79 Å². The molecule has 1 heterocycles. The highest BCUT2D eigenvalue weighted by molar-refractivity contribution is 7.13. The number of carboxylic acids is 1. The van der Waals surface area contributed by atoms with Crippen LogP contribution in [0.5, 0.6) is 0 Å². The van der Waals surface area contributed by atoms with Gasteiger partial charge in [0.1, 0.15) is 0 Å². The number of carboxylic acid groups (broad SMARTS) is 1. The second kappa shape index (κ2) is 5.39. The minimum absolute atomic E-state index is 0.400. The normalized spacial score (nSPS) is 10.6. The Morgan fingerprint density at radius 2 is 2.50 bits per heavy atom. The molecule has 0 bridgehead atoms. The van der Waals surface area contributed by atoms with Crippen molar-refractivity contribution in [1.82, 2.24) is 0 Å². The summed E-state index contributed by atoms with van der Waals surface area (Å²) in [6, 6.07) is 3.94. The molecule has 14 heavy (non-hydrogen) atoms. The molecule has 0 aliphatic carbocycles. The number of aryl methyl sites for hydroxylation is 1. The van der Waals surface area contributed by atoms with Gasteiger partial charge in [-0.05, 0) is 18.6 Å². The molecule has 0 atom stereocenters. The van der Waals surface area contributed by atoms with Gasteiger partial charge in [0.05, 0.1) is 6.21 Å². The molecule has 0 radical (unpaired) electrons. The van der Waals surface area contributed by atoms with E-state index in [1.807, 2.05) is 12.1 Å². The maximum Gasteiger partial charge on any atom is 0.344 e. The van der Waals surface area contributed by atoms with Gasteiger partial charge < -0.3 is 9.94 Å². The van der Waals surface area contributed by atoms with Crippen LogP contribution >= 0.6 is 11.3 Å². The SMILES string of the molecule is CCc1ccc(C=NOCC(=O)O)s1. The minimum atomic E-state index is -1.03. The fraction of sp³-hybridized carbons (Fsp3) is 0.333. The summed E-state index contributed by atoms with van der Waals surface area (Å²) in [6.45, 7) is 1.68. The van der Waals surface area contributed by atoms with E-state index < -0.39 is 12.6 Å². The van der Waals surface area contributed by atoms with Crippen LogP contribution in [0.3, 0.4) is 0 Å². The quantitative estimate of drug-likeness (QED) is 0.598. The van der Waals surface area contributed by atoms with E-state index in [4.69, 9.17) is 5.11 Å². The van der Waals surface area contributed by atoms with Gasteiger partial charge in [-0.15, -0.1) is 11.3 Å².